The maximum Gasteiger partial charge on any atom is 0.0445 e. The Morgan fingerprint density at radius 1 is 1.44 bits per heavy atom. The molecule has 90 valence electrons. The van der Waals surface area contributed by atoms with Gasteiger partial charge in [0.1, 0.15) is 0 Å². The summed E-state index contributed by atoms with van der Waals surface area (Å²) in [5.74, 6) is 0. The normalized spacial score (nSPS) is 22.5. The second-order valence-electron chi connectivity index (χ2n) is 4.64. The fourth-order valence-corrected chi connectivity index (χ4v) is 3.43. The molecule has 1 aromatic rings. The smallest absolute Gasteiger partial charge is 0.0445 e. The lowest BCUT2D eigenvalue weighted by Crippen LogP contribution is -2.39. The van der Waals surface area contributed by atoms with Crippen molar-refractivity contribution in [1.29, 1.82) is 0 Å². The van der Waals surface area contributed by atoms with Gasteiger partial charge >= 0.3 is 0 Å². The van der Waals surface area contributed by atoms with E-state index in [2.05, 4.69) is 24.0 Å². The molecule has 2 rings (SSSR count). The minimum Gasteiger partial charge on any atom is -0.396 e. The van der Waals surface area contributed by atoms with Gasteiger partial charge in [-0.3, -0.25) is 4.90 Å². The van der Waals surface area contributed by atoms with Gasteiger partial charge in [-0.1, -0.05) is 6.42 Å². The van der Waals surface area contributed by atoms with Crippen molar-refractivity contribution in [3.63, 3.8) is 0 Å². The zero-order valence-corrected chi connectivity index (χ0v) is 10.8. The number of hydrogen-bond donors (Lipinski definition) is 1. The number of piperidine rings is 1. The zero-order valence-electron chi connectivity index (χ0n) is 9.98. The third kappa shape index (κ3) is 3.06. The lowest BCUT2D eigenvalue weighted by molar-refractivity contribution is 0.113. The van der Waals surface area contributed by atoms with Gasteiger partial charge in [0.15, 0.2) is 0 Å². The molecule has 0 aliphatic carbocycles. The Morgan fingerprint density at radius 3 is 3.00 bits per heavy atom. The first kappa shape index (κ1) is 12.1. The summed E-state index contributed by atoms with van der Waals surface area (Å²) < 4.78 is 0. The van der Waals surface area contributed by atoms with Crippen LogP contribution >= 0.6 is 11.3 Å². The Hall–Kier alpha value is -0.380. The highest BCUT2D eigenvalue weighted by atomic mass is 32.1. The van der Waals surface area contributed by atoms with Crippen molar-refractivity contribution in [1.82, 2.24) is 4.90 Å². The van der Waals surface area contributed by atoms with Crippen molar-refractivity contribution >= 4 is 11.3 Å². The molecule has 1 aliphatic rings. The first-order valence-electron chi connectivity index (χ1n) is 6.20. The fraction of sp³-hybridized carbons (Fsp3) is 0.692. The number of nitrogens with zero attached hydrogens (tertiary/aromatic N) is 1. The van der Waals surface area contributed by atoms with Crippen LogP contribution in [0.3, 0.4) is 0 Å². The molecule has 0 saturated carbocycles. The van der Waals surface area contributed by atoms with E-state index in [0.29, 0.717) is 12.6 Å². The standard InChI is InChI=1S/C13H21NOS/c1-11-5-6-13(16-11)10-14-8-3-2-4-12(14)7-9-15/h5-6,12,15H,2-4,7-10H2,1H3/t12-/m0/s1. The molecule has 2 heterocycles. The average molecular weight is 239 g/mol. The fourth-order valence-electron chi connectivity index (χ4n) is 2.51. The lowest BCUT2D eigenvalue weighted by Gasteiger charge is -2.35. The molecule has 0 aromatic carbocycles. The first-order chi connectivity index (χ1) is 7.79. The highest BCUT2D eigenvalue weighted by Gasteiger charge is 2.21. The van der Waals surface area contributed by atoms with Crippen LogP contribution in [0.4, 0.5) is 0 Å². The van der Waals surface area contributed by atoms with Crippen molar-refractivity contribution in [3.05, 3.63) is 21.9 Å². The quantitative estimate of drug-likeness (QED) is 0.873. The summed E-state index contributed by atoms with van der Waals surface area (Å²) in [4.78, 5) is 5.40. The van der Waals surface area contributed by atoms with Gasteiger partial charge in [-0.15, -0.1) is 11.3 Å². The minimum atomic E-state index is 0.324. The number of aliphatic hydroxyl groups is 1. The van der Waals surface area contributed by atoms with Crippen LogP contribution in [0.5, 0.6) is 0 Å². The predicted molar refractivity (Wildman–Crippen MR) is 68.8 cm³/mol. The second kappa shape index (κ2) is 5.80. The highest BCUT2D eigenvalue weighted by molar-refractivity contribution is 7.11. The summed E-state index contributed by atoms with van der Waals surface area (Å²) in [6.45, 7) is 4.75. The van der Waals surface area contributed by atoms with E-state index in [4.69, 9.17) is 5.11 Å². The maximum absolute atomic E-state index is 9.08. The lowest BCUT2D eigenvalue weighted by atomic mass is 9.99. The van der Waals surface area contributed by atoms with Gasteiger partial charge < -0.3 is 5.11 Å². The summed E-state index contributed by atoms with van der Waals surface area (Å²) in [6.07, 6.45) is 4.83. The van der Waals surface area contributed by atoms with Crippen LogP contribution < -0.4 is 0 Å². The third-order valence-corrected chi connectivity index (χ3v) is 4.35. The SMILES string of the molecule is Cc1ccc(CN2CCCC[C@H]2CCO)s1. The van der Waals surface area contributed by atoms with Crippen LogP contribution in [0.1, 0.15) is 35.4 Å². The Morgan fingerprint density at radius 2 is 2.31 bits per heavy atom. The van der Waals surface area contributed by atoms with Gasteiger partial charge in [0.05, 0.1) is 0 Å². The van der Waals surface area contributed by atoms with Gasteiger partial charge in [0.2, 0.25) is 0 Å². The average Bonchev–Trinajstić information content (AvgIpc) is 2.67. The van der Waals surface area contributed by atoms with Gasteiger partial charge in [-0.2, -0.15) is 0 Å². The molecule has 1 saturated heterocycles. The summed E-state index contributed by atoms with van der Waals surface area (Å²) in [7, 11) is 0. The molecular weight excluding hydrogens is 218 g/mol. The van der Waals surface area contributed by atoms with Gasteiger partial charge in [0, 0.05) is 28.9 Å². The van der Waals surface area contributed by atoms with Crippen LogP contribution in [-0.4, -0.2) is 29.2 Å². The molecular formula is C13H21NOS. The number of aryl methyl sites for hydroxylation is 1. The van der Waals surface area contributed by atoms with E-state index in [-0.39, 0.29) is 0 Å². The predicted octanol–water partition coefficient (Wildman–Crippen LogP) is 2.79. The van der Waals surface area contributed by atoms with Gasteiger partial charge in [-0.05, 0) is 44.9 Å². The Balaban J connectivity index is 1.95. The van der Waals surface area contributed by atoms with Crippen LogP contribution in [0, 0.1) is 6.92 Å². The van der Waals surface area contributed by atoms with Gasteiger partial charge in [-0.25, -0.2) is 0 Å². The summed E-state index contributed by atoms with van der Waals surface area (Å²) in [6, 6.07) is 5.04. The summed E-state index contributed by atoms with van der Waals surface area (Å²) in [5, 5.41) is 9.08. The maximum atomic E-state index is 9.08. The van der Waals surface area contributed by atoms with E-state index in [0.717, 1.165) is 13.0 Å². The van der Waals surface area contributed by atoms with E-state index < -0.39 is 0 Å². The molecule has 0 radical (unpaired) electrons. The first-order valence-corrected chi connectivity index (χ1v) is 7.01. The van der Waals surface area contributed by atoms with Gasteiger partial charge in [0.25, 0.3) is 0 Å². The molecule has 3 heteroatoms. The molecule has 1 aliphatic heterocycles. The molecule has 0 unspecified atom stereocenters. The highest BCUT2D eigenvalue weighted by Crippen LogP contribution is 2.24. The minimum absolute atomic E-state index is 0.324. The summed E-state index contributed by atoms with van der Waals surface area (Å²) in [5.41, 5.74) is 0. The molecule has 0 amide bonds. The molecule has 1 atom stereocenters. The third-order valence-electron chi connectivity index (χ3n) is 3.37. The van der Waals surface area contributed by atoms with Crippen LogP contribution in [0.15, 0.2) is 12.1 Å². The number of likely N-dealkylation sites (tertiary alicyclic amines) is 1. The Kier molecular flexibility index (Phi) is 4.38. The van der Waals surface area contributed by atoms with E-state index in [1.807, 2.05) is 11.3 Å². The molecule has 1 aromatic heterocycles. The molecule has 1 fully saturated rings. The van der Waals surface area contributed by atoms with E-state index in [1.165, 1.54) is 35.6 Å². The van der Waals surface area contributed by atoms with E-state index >= 15 is 0 Å². The van der Waals surface area contributed by atoms with Crippen LogP contribution in [0.25, 0.3) is 0 Å². The van der Waals surface area contributed by atoms with Crippen molar-refractivity contribution in [2.45, 2.75) is 45.2 Å². The molecule has 0 bridgehead atoms. The van der Waals surface area contributed by atoms with Crippen LogP contribution in [-0.2, 0) is 6.54 Å². The topological polar surface area (TPSA) is 23.5 Å². The molecule has 1 N–H and O–H groups in total. The largest absolute Gasteiger partial charge is 0.396 e. The Labute approximate surface area is 102 Å². The summed E-state index contributed by atoms with van der Waals surface area (Å²) >= 11 is 1.90. The zero-order chi connectivity index (χ0) is 11.4. The van der Waals surface area contributed by atoms with Crippen LogP contribution in [0.2, 0.25) is 0 Å². The monoisotopic (exact) mass is 239 g/mol. The van der Waals surface area contributed by atoms with E-state index in [1.54, 1.807) is 0 Å². The van der Waals surface area contributed by atoms with E-state index in [9.17, 15) is 0 Å². The number of rotatable bonds is 4. The molecule has 16 heavy (non-hydrogen) atoms. The number of hydrogen-bond acceptors (Lipinski definition) is 3. The van der Waals surface area contributed by atoms with Crippen molar-refractivity contribution in [3.8, 4) is 0 Å². The number of aliphatic hydroxyl groups excluding tert-OH is 1. The Bertz CT molecular complexity index is 321. The van der Waals surface area contributed by atoms with Crippen molar-refractivity contribution < 1.29 is 5.11 Å². The van der Waals surface area contributed by atoms with Crippen molar-refractivity contribution in [2.24, 2.45) is 0 Å². The molecule has 0 spiro atoms. The molecule has 2 nitrogen and oxygen atoms in total. The van der Waals surface area contributed by atoms with Crippen molar-refractivity contribution in [2.75, 3.05) is 13.2 Å². The number of thiophene rings is 1. The second-order valence-corrected chi connectivity index (χ2v) is 6.02.